The zero-order valence-corrected chi connectivity index (χ0v) is 15.7. The van der Waals surface area contributed by atoms with E-state index in [1.54, 1.807) is 0 Å². The maximum absolute atomic E-state index is 13.3. The van der Waals surface area contributed by atoms with E-state index in [4.69, 9.17) is 0 Å². The number of nitro groups is 1. The van der Waals surface area contributed by atoms with Crippen LogP contribution >= 0.6 is 0 Å². The van der Waals surface area contributed by atoms with E-state index in [2.05, 4.69) is 15.5 Å². The van der Waals surface area contributed by atoms with E-state index < -0.39 is 28.2 Å². The van der Waals surface area contributed by atoms with Crippen LogP contribution in [-0.4, -0.2) is 47.3 Å². The Kier molecular flexibility index (Phi) is 6.56. The first-order chi connectivity index (χ1) is 13.4. The van der Waals surface area contributed by atoms with Crippen molar-refractivity contribution in [2.45, 2.75) is 44.6 Å². The van der Waals surface area contributed by atoms with Gasteiger partial charge in [-0.3, -0.25) is 19.7 Å². The molecule has 1 heterocycles. The first-order valence-corrected chi connectivity index (χ1v) is 9.71. The zero-order valence-electron chi connectivity index (χ0n) is 15.7. The quantitative estimate of drug-likeness (QED) is 0.455. The van der Waals surface area contributed by atoms with Crippen LogP contribution < -0.4 is 10.6 Å². The summed E-state index contributed by atoms with van der Waals surface area (Å²) >= 11 is 0. The van der Waals surface area contributed by atoms with Gasteiger partial charge in [0.2, 0.25) is 5.82 Å². The van der Waals surface area contributed by atoms with Crippen molar-refractivity contribution in [3.05, 3.63) is 34.1 Å². The van der Waals surface area contributed by atoms with Crippen LogP contribution in [0.4, 0.5) is 15.8 Å². The number of piperidine rings is 1. The molecule has 1 saturated heterocycles. The lowest BCUT2D eigenvalue weighted by Gasteiger charge is -2.36. The molecule has 8 nitrogen and oxygen atoms in total. The van der Waals surface area contributed by atoms with Crippen LogP contribution in [0, 0.1) is 21.8 Å². The Labute approximate surface area is 162 Å². The summed E-state index contributed by atoms with van der Waals surface area (Å²) in [6.07, 6.45) is 7.16. The minimum atomic E-state index is -1.00. The minimum absolute atomic E-state index is 0.00174. The molecule has 1 aliphatic heterocycles. The van der Waals surface area contributed by atoms with Crippen molar-refractivity contribution >= 4 is 23.2 Å². The van der Waals surface area contributed by atoms with Gasteiger partial charge in [-0.15, -0.1) is 0 Å². The lowest BCUT2D eigenvalue weighted by Crippen LogP contribution is -2.44. The lowest BCUT2D eigenvalue weighted by atomic mass is 9.95. The average molecular weight is 392 g/mol. The minimum Gasteiger partial charge on any atom is -0.348 e. The number of hydrogen-bond acceptors (Lipinski definition) is 5. The molecule has 2 amide bonds. The summed E-state index contributed by atoms with van der Waals surface area (Å²) in [5, 5.41) is 15.6. The summed E-state index contributed by atoms with van der Waals surface area (Å²) in [5.41, 5.74) is -0.759. The van der Waals surface area contributed by atoms with Crippen LogP contribution in [0.1, 0.15) is 38.5 Å². The smallest absolute Gasteiger partial charge is 0.313 e. The van der Waals surface area contributed by atoms with Gasteiger partial charge in [-0.2, -0.15) is 4.39 Å². The first kappa shape index (κ1) is 20.2. The Morgan fingerprint density at radius 3 is 2.46 bits per heavy atom. The molecule has 1 saturated carbocycles. The van der Waals surface area contributed by atoms with Crippen LogP contribution in [0.15, 0.2) is 18.2 Å². The molecule has 1 aromatic carbocycles. The highest BCUT2D eigenvalue weighted by molar-refractivity contribution is 6.39. The number of carbonyl (C=O) groups is 2. The van der Waals surface area contributed by atoms with Crippen LogP contribution in [-0.2, 0) is 9.59 Å². The Hall–Kier alpha value is -2.55. The molecular formula is C19H25FN4O4. The molecule has 28 heavy (non-hydrogen) atoms. The SMILES string of the molecule is O=C(NCC1CCN(C2CCCC2)CC1)C(=O)Nc1ccc(F)c([N+](=O)[O-])c1. The summed E-state index contributed by atoms with van der Waals surface area (Å²) in [5.74, 6) is -2.40. The highest BCUT2D eigenvalue weighted by Gasteiger charge is 2.27. The predicted molar refractivity (Wildman–Crippen MR) is 101 cm³/mol. The predicted octanol–water partition coefficient (Wildman–Crippen LogP) is 2.44. The number of carbonyl (C=O) groups excluding carboxylic acids is 2. The van der Waals surface area contributed by atoms with Crippen LogP contribution in [0.3, 0.4) is 0 Å². The third-order valence-electron chi connectivity index (χ3n) is 5.65. The molecule has 0 bridgehead atoms. The Morgan fingerprint density at radius 2 is 1.82 bits per heavy atom. The molecule has 1 aromatic rings. The summed E-state index contributed by atoms with van der Waals surface area (Å²) in [7, 11) is 0. The van der Waals surface area contributed by atoms with Gasteiger partial charge in [-0.25, -0.2) is 0 Å². The Bertz CT molecular complexity index is 743. The number of nitrogens with zero attached hydrogens (tertiary/aromatic N) is 2. The molecule has 1 aliphatic carbocycles. The molecule has 2 fully saturated rings. The fourth-order valence-electron chi connectivity index (χ4n) is 4.03. The molecule has 3 rings (SSSR count). The molecule has 2 aliphatic rings. The fraction of sp³-hybridized carbons (Fsp3) is 0.579. The summed E-state index contributed by atoms with van der Waals surface area (Å²) in [6.45, 7) is 2.47. The maximum Gasteiger partial charge on any atom is 0.313 e. The van der Waals surface area contributed by atoms with Gasteiger partial charge in [-0.1, -0.05) is 12.8 Å². The number of anilines is 1. The molecule has 152 valence electrons. The lowest BCUT2D eigenvalue weighted by molar-refractivity contribution is -0.387. The van der Waals surface area contributed by atoms with Crippen molar-refractivity contribution in [1.29, 1.82) is 0 Å². The van der Waals surface area contributed by atoms with E-state index in [0.29, 0.717) is 18.5 Å². The van der Waals surface area contributed by atoms with Crippen molar-refractivity contribution in [2.75, 3.05) is 25.0 Å². The largest absolute Gasteiger partial charge is 0.348 e. The van der Waals surface area contributed by atoms with Gasteiger partial charge in [0.15, 0.2) is 0 Å². The number of benzene rings is 1. The highest BCUT2D eigenvalue weighted by atomic mass is 19.1. The van der Waals surface area contributed by atoms with Gasteiger partial charge in [0.05, 0.1) is 4.92 Å². The third kappa shape index (κ3) is 5.03. The maximum atomic E-state index is 13.3. The summed E-state index contributed by atoms with van der Waals surface area (Å²) < 4.78 is 13.3. The van der Waals surface area contributed by atoms with Gasteiger partial charge in [0.25, 0.3) is 0 Å². The number of likely N-dealkylation sites (tertiary alicyclic amines) is 1. The molecule has 9 heteroatoms. The highest BCUT2D eigenvalue weighted by Crippen LogP contribution is 2.27. The molecular weight excluding hydrogens is 367 g/mol. The Morgan fingerprint density at radius 1 is 1.14 bits per heavy atom. The average Bonchev–Trinajstić information content (AvgIpc) is 3.22. The molecule has 0 spiro atoms. The number of nitro benzene ring substituents is 1. The number of rotatable bonds is 5. The number of hydrogen-bond donors (Lipinski definition) is 2. The fourth-order valence-corrected chi connectivity index (χ4v) is 4.03. The van der Waals surface area contributed by atoms with Gasteiger partial charge in [0.1, 0.15) is 0 Å². The summed E-state index contributed by atoms with van der Waals surface area (Å²) in [4.78, 5) is 36.4. The number of halogens is 1. The molecule has 0 radical (unpaired) electrons. The van der Waals surface area contributed by atoms with Gasteiger partial charge in [0, 0.05) is 24.3 Å². The van der Waals surface area contributed by atoms with Gasteiger partial charge in [-0.05, 0) is 56.8 Å². The van der Waals surface area contributed by atoms with E-state index in [1.165, 1.54) is 31.7 Å². The normalized spacial score (nSPS) is 18.8. The van der Waals surface area contributed by atoms with Crippen molar-refractivity contribution in [3.8, 4) is 0 Å². The van der Waals surface area contributed by atoms with Crippen molar-refractivity contribution < 1.29 is 18.9 Å². The van der Waals surface area contributed by atoms with E-state index in [9.17, 15) is 24.1 Å². The Balaban J connectivity index is 1.43. The number of amides is 2. The van der Waals surface area contributed by atoms with Crippen molar-refractivity contribution in [1.82, 2.24) is 10.2 Å². The second-order valence-electron chi connectivity index (χ2n) is 7.51. The van der Waals surface area contributed by atoms with Crippen LogP contribution in [0.2, 0.25) is 0 Å². The van der Waals surface area contributed by atoms with Crippen molar-refractivity contribution in [2.24, 2.45) is 5.92 Å². The van der Waals surface area contributed by atoms with E-state index in [-0.39, 0.29) is 5.69 Å². The molecule has 2 N–H and O–H groups in total. The van der Waals surface area contributed by atoms with Crippen molar-refractivity contribution in [3.63, 3.8) is 0 Å². The second-order valence-corrected chi connectivity index (χ2v) is 7.51. The van der Waals surface area contributed by atoms with Gasteiger partial charge < -0.3 is 15.5 Å². The van der Waals surface area contributed by atoms with E-state index >= 15 is 0 Å². The standard InChI is InChI=1S/C19H25FN4O4/c20-16-6-5-14(11-17(16)24(27)28)22-19(26)18(25)21-12-13-7-9-23(10-8-13)15-3-1-2-4-15/h5-6,11,13,15H,1-4,7-10,12H2,(H,21,25)(H,22,26). The molecule has 0 atom stereocenters. The van der Waals surface area contributed by atoms with Crippen LogP contribution in [0.25, 0.3) is 0 Å². The molecule has 0 aromatic heterocycles. The van der Waals surface area contributed by atoms with Gasteiger partial charge >= 0.3 is 17.5 Å². The first-order valence-electron chi connectivity index (χ1n) is 9.71. The number of nitrogens with one attached hydrogen (secondary N) is 2. The monoisotopic (exact) mass is 392 g/mol. The van der Waals surface area contributed by atoms with Crippen LogP contribution in [0.5, 0.6) is 0 Å². The molecule has 0 unspecified atom stereocenters. The van der Waals surface area contributed by atoms with E-state index in [0.717, 1.165) is 38.1 Å². The zero-order chi connectivity index (χ0) is 20.1. The topological polar surface area (TPSA) is 105 Å². The van der Waals surface area contributed by atoms with E-state index in [1.807, 2.05) is 0 Å². The summed E-state index contributed by atoms with van der Waals surface area (Å²) in [6, 6.07) is 3.65. The third-order valence-corrected chi connectivity index (χ3v) is 5.65. The second kappa shape index (κ2) is 9.09.